The standard InChI is InChI=1S/C26H30Cl2FNO6S/c1-5-18(14-37(34,35)26(2,3)4)30-23(15-9-10-19(28)20(29)12-15)24(16-7-6-8-17(27)11-16)36-21(25(30)33)13-22(31)32/h6-12,18,21,23-24H,5,13-14H2,1-4H3,(H,31,32)/t18-,21+,23+,24+/m0/s1. The molecule has 1 fully saturated rings. The van der Waals surface area contributed by atoms with Crippen molar-refractivity contribution in [1.82, 2.24) is 4.90 Å². The Labute approximate surface area is 226 Å². The Morgan fingerprint density at radius 1 is 1.16 bits per heavy atom. The van der Waals surface area contributed by atoms with Crippen LogP contribution in [0.5, 0.6) is 0 Å². The van der Waals surface area contributed by atoms with Crippen LogP contribution in [-0.2, 0) is 24.2 Å². The molecule has 1 heterocycles. The minimum Gasteiger partial charge on any atom is -0.481 e. The van der Waals surface area contributed by atoms with Gasteiger partial charge in [0.05, 0.1) is 28.0 Å². The third-order valence-corrected chi connectivity index (χ3v) is 9.69. The molecule has 1 amide bonds. The van der Waals surface area contributed by atoms with E-state index in [2.05, 4.69) is 0 Å². The Morgan fingerprint density at radius 3 is 2.38 bits per heavy atom. The lowest BCUT2D eigenvalue weighted by atomic mass is 9.89. The maximum Gasteiger partial charge on any atom is 0.306 e. The molecule has 0 saturated carbocycles. The fourth-order valence-electron chi connectivity index (χ4n) is 4.33. The van der Waals surface area contributed by atoms with Crippen molar-refractivity contribution in [2.45, 2.75) is 69.6 Å². The van der Waals surface area contributed by atoms with Gasteiger partial charge >= 0.3 is 5.97 Å². The van der Waals surface area contributed by atoms with E-state index >= 15 is 0 Å². The van der Waals surface area contributed by atoms with E-state index in [-0.39, 0.29) is 17.2 Å². The van der Waals surface area contributed by atoms with Crippen LogP contribution in [0.4, 0.5) is 4.39 Å². The lowest BCUT2D eigenvalue weighted by Crippen LogP contribution is -2.57. The number of ether oxygens (including phenoxy) is 1. The maximum absolute atomic E-state index is 14.6. The average molecular weight is 574 g/mol. The minimum atomic E-state index is -3.70. The number of hydrogen-bond donors (Lipinski definition) is 1. The summed E-state index contributed by atoms with van der Waals surface area (Å²) in [5, 5.41) is 9.73. The molecule has 0 aromatic heterocycles. The van der Waals surface area contributed by atoms with Gasteiger partial charge in [0.25, 0.3) is 5.91 Å². The molecule has 202 valence electrons. The molecule has 0 unspecified atom stereocenters. The van der Waals surface area contributed by atoms with Crippen LogP contribution in [0.3, 0.4) is 0 Å². The zero-order chi connectivity index (χ0) is 27.7. The van der Waals surface area contributed by atoms with Crippen LogP contribution in [0.25, 0.3) is 0 Å². The predicted molar refractivity (Wildman–Crippen MR) is 140 cm³/mol. The predicted octanol–water partition coefficient (Wildman–Crippen LogP) is 5.61. The van der Waals surface area contributed by atoms with Gasteiger partial charge in [-0.15, -0.1) is 0 Å². The second kappa shape index (κ2) is 11.3. The lowest BCUT2D eigenvalue weighted by molar-refractivity contribution is -0.182. The quantitative estimate of drug-likeness (QED) is 0.440. The number of aliphatic carboxylic acids is 1. The van der Waals surface area contributed by atoms with Gasteiger partial charge in [-0.05, 0) is 62.6 Å². The first-order chi connectivity index (χ1) is 17.2. The largest absolute Gasteiger partial charge is 0.481 e. The van der Waals surface area contributed by atoms with E-state index in [1.165, 1.54) is 17.0 Å². The van der Waals surface area contributed by atoms with E-state index in [0.29, 0.717) is 16.1 Å². The van der Waals surface area contributed by atoms with Crippen molar-refractivity contribution in [3.63, 3.8) is 0 Å². The van der Waals surface area contributed by atoms with Gasteiger partial charge in [-0.25, -0.2) is 12.8 Å². The fourth-order valence-corrected chi connectivity index (χ4v) is 6.05. The summed E-state index contributed by atoms with van der Waals surface area (Å²) in [6.45, 7) is 6.46. The van der Waals surface area contributed by atoms with E-state index in [0.717, 1.165) is 0 Å². The van der Waals surface area contributed by atoms with E-state index in [1.54, 1.807) is 58.0 Å². The number of nitrogens with zero attached hydrogens (tertiary/aromatic N) is 1. The maximum atomic E-state index is 14.6. The summed E-state index contributed by atoms with van der Waals surface area (Å²) in [6, 6.07) is 8.88. The Bertz CT molecular complexity index is 1280. The van der Waals surface area contributed by atoms with Crippen molar-refractivity contribution in [2.24, 2.45) is 0 Å². The second-order valence-electron chi connectivity index (χ2n) is 10.0. The molecule has 0 spiro atoms. The third-order valence-electron chi connectivity index (χ3n) is 6.46. The molecule has 3 rings (SSSR count). The van der Waals surface area contributed by atoms with Crippen LogP contribution in [0.1, 0.15) is 63.8 Å². The Balaban J connectivity index is 2.25. The number of amides is 1. The van der Waals surface area contributed by atoms with E-state index in [9.17, 15) is 27.5 Å². The number of sulfone groups is 1. The highest BCUT2D eigenvalue weighted by Gasteiger charge is 2.48. The van der Waals surface area contributed by atoms with Gasteiger partial charge in [-0.1, -0.05) is 48.3 Å². The Kier molecular flexibility index (Phi) is 8.94. The molecule has 4 atom stereocenters. The molecule has 0 bridgehead atoms. The van der Waals surface area contributed by atoms with Crippen molar-refractivity contribution in [3.8, 4) is 0 Å². The summed E-state index contributed by atoms with van der Waals surface area (Å²) in [5.41, 5.74) is 0.842. The van der Waals surface area contributed by atoms with Gasteiger partial charge in [-0.2, -0.15) is 0 Å². The summed E-state index contributed by atoms with van der Waals surface area (Å²) in [7, 11) is -3.70. The van der Waals surface area contributed by atoms with E-state index in [4.69, 9.17) is 27.9 Å². The number of carboxylic acids is 1. The van der Waals surface area contributed by atoms with Crippen LogP contribution >= 0.6 is 23.2 Å². The zero-order valence-corrected chi connectivity index (χ0v) is 23.3. The Morgan fingerprint density at radius 2 is 1.84 bits per heavy atom. The second-order valence-corrected chi connectivity index (χ2v) is 13.6. The van der Waals surface area contributed by atoms with Gasteiger partial charge in [0.2, 0.25) is 0 Å². The summed E-state index contributed by atoms with van der Waals surface area (Å²) < 4.78 is 46.0. The van der Waals surface area contributed by atoms with Crippen LogP contribution < -0.4 is 0 Å². The number of hydrogen-bond acceptors (Lipinski definition) is 5. The molecule has 1 saturated heterocycles. The van der Waals surface area contributed by atoms with Gasteiger partial charge in [0.1, 0.15) is 18.0 Å². The van der Waals surface area contributed by atoms with Crippen molar-refractivity contribution < 1.29 is 32.2 Å². The first-order valence-electron chi connectivity index (χ1n) is 11.8. The summed E-state index contributed by atoms with van der Waals surface area (Å²) >= 11 is 12.1. The number of carboxylic acid groups (broad SMARTS) is 1. The monoisotopic (exact) mass is 573 g/mol. The number of rotatable bonds is 8. The first kappa shape index (κ1) is 29.4. The van der Waals surface area contributed by atoms with Crippen molar-refractivity contribution in [2.75, 3.05) is 5.75 Å². The van der Waals surface area contributed by atoms with Crippen molar-refractivity contribution in [1.29, 1.82) is 0 Å². The van der Waals surface area contributed by atoms with Crippen molar-refractivity contribution >= 4 is 44.9 Å². The molecule has 11 heteroatoms. The molecule has 0 radical (unpaired) electrons. The molecule has 1 aliphatic rings. The summed E-state index contributed by atoms with van der Waals surface area (Å²) in [6.07, 6.45) is -2.74. The van der Waals surface area contributed by atoms with Crippen molar-refractivity contribution in [3.05, 3.63) is 69.5 Å². The number of morpholine rings is 1. The topological polar surface area (TPSA) is 101 Å². The van der Waals surface area contributed by atoms with E-state index in [1.807, 2.05) is 0 Å². The highest BCUT2D eigenvalue weighted by Crippen LogP contribution is 2.45. The molecule has 37 heavy (non-hydrogen) atoms. The van der Waals surface area contributed by atoms with Gasteiger partial charge < -0.3 is 14.7 Å². The summed E-state index contributed by atoms with van der Waals surface area (Å²) in [5.74, 6) is -3.03. The average Bonchev–Trinajstić information content (AvgIpc) is 2.79. The van der Waals surface area contributed by atoms with Gasteiger partial charge in [0, 0.05) is 11.1 Å². The number of halogens is 3. The summed E-state index contributed by atoms with van der Waals surface area (Å²) in [4.78, 5) is 26.7. The minimum absolute atomic E-state index is 0.122. The third kappa shape index (κ3) is 6.45. The van der Waals surface area contributed by atoms with Crippen LogP contribution in [0, 0.1) is 5.82 Å². The molecular formula is C26H30Cl2FNO6S. The normalized spacial score (nSPS) is 21.6. The van der Waals surface area contributed by atoms with E-state index < -0.39 is 63.0 Å². The van der Waals surface area contributed by atoms with Gasteiger partial charge in [0.15, 0.2) is 9.84 Å². The highest BCUT2D eigenvalue weighted by atomic mass is 35.5. The first-order valence-corrected chi connectivity index (χ1v) is 14.2. The molecule has 1 aliphatic heterocycles. The molecule has 1 N–H and O–H groups in total. The molecule has 0 aliphatic carbocycles. The molecule has 2 aromatic carbocycles. The van der Waals surface area contributed by atoms with Crippen LogP contribution in [0.15, 0.2) is 42.5 Å². The molecule has 2 aromatic rings. The zero-order valence-electron chi connectivity index (χ0n) is 20.9. The van der Waals surface area contributed by atoms with Crippen LogP contribution in [0.2, 0.25) is 10.0 Å². The number of carbonyl (C=O) groups is 2. The highest BCUT2D eigenvalue weighted by molar-refractivity contribution is 7.92. The SMILES string of the molecule is CC[C@@H](CS(=O)(=O)C(C)(C)C)N1C(=O)[C@@H](CC(=O)O)O[C@H](c2cccc(Cl)c2)[C@H]1c1ccc(Cl)c(F)c1. The molecular weight excluding hydrogens is 544 g/mol. The van der Waals surface area contributed by atoms with Crippen LogP contribution in [-0.4, -0.2) is 52.9 Å². The Hall–Kier alpha value is -2.20. The lowest BCUT2D eigenvalue weighted by Gasteiger charge is -2.48. The molecule has 7 nitrogen and oxygen atoms in total. The number of benzene rings is 2. The fraction of sp³-hybridized carbons (Fsp3) is 0.462. The smallest absolute Gasteiger partial charge is 0.306 e. The van der Waals surface area contributed by atoms with Gasteiger partial charge in [-0.3, -0.25) is 9.59 Å². The number of carbonyl (C=O) groups excluding carboxylic acids is 1.